The van der Waals surface area contributed by atoms with Crippen molar-refractivity contribution in [1.29, 1.82) is 0 Å². The number of benzene rings is 1. The molecule has 100 valence electrons. The SMILES string of the molecule is CC(O)(Cc1c(F)cccc1F)c1cncc(F)c1. The van der Waals surface area contributed by atoms with Crippen LogP contribution in [0.4, 0.5) is 13.2 Å². The second-order valence-electron chi connectivity index (χ2n) is 4.54. The molecule has 0 saturated carbocycles. The van der Waals surface area contributed by atoms with Crippen LogP contribution in [0.1, 0.15) is 18.1 Å². The van der Waals surface area contributed by atoms with Crippen molar-refractivity contribution >= 4 is 0 Å². The summed E-state index contributed by atoms with van der Waals surface area (Å²) < 4.78 is 40.1. The summed E-state index contributed by atoms with van der Waals surface area (Å²) >= 11 is 0. The maximum absolute atomic E-state index is 13.5. The average Bonchev–Trinajstić information content (AvgIpc) is 2.34. The van der Waals surface area contributed by atoms with E-state index in [1.807, 2.05) is 0 Å². The normalized spacial score (nSPS) is 14.2. The first-order valence-corrected chi connectivity index (χ1v) is 5.66. The van der Waals surface area contributed by atoms with Crippen molar-refractivity contribution in [2.75, 3.05) is 0 Å². The third-order valence-electron chi connectivity index (χ3n) is 2.91. The number of pyridine rings is 1. The molecular formula is C14H12F3NO. The largest absolute Gasteiger partial charge is 0.385 e. The van der Waals surface area contributed by atoms with Gasteiger partial charge in [0.2, 0.25) is 0 Å². The van der Waals surface area contributed by atoms with Gasteiger partial charge >= 0.3 is 0 Å². The smallest absolute Gasteiger partial charge is 0.141 e. The summed E-state index contributed by atoms with van der Waals surface area (Å²) in [6.45, 7) is 1.36. The Kier molecular flexibility index (Phi) is 3.57. The van der Waals surface area contributed by atoms with Crippen LogP contribution in [-0.4, -0.2) is 10.1 Å². The fourth-order valence-corrected chi connectivity index (χ4v) is 1.85. The minimum atomic E-state index is -1.61. The van der Waals surface area contributed by atoms with Crippen molar-refractivity contribution in [3.63, 3.8) is 0 Å². The van der Waals surface area contributed by atoms with E-state index in [0.29, 0.717) is 0 Å². The van der Waals surface area contributed by atoms with Gasteiger partial charge in [0.05, 0.1) is 11.8 Å². The maximum atomic E-state index is 13.5. The van der Waals surface area contributed by atoms with Gasteiger partial charge in [-0.3, -0.25) is 4.98 Å². The van der Waals surface area contributed by atoms with Crippen LogP contribution in [0.15, 0.2) is 36.7 Å². The maximum Gasteiger partial charge on any atom is 0.141 e. The van der Waals surface area contributed by atoms with Gasteiger partial charge in [0.1, 0.15) is 17.5 Å². The number of rotatable bonds is 3. The van der Waals surface area contributed by atoms with Gasteiger partial charge in [-0.1, -0.05) is 6.07 Å². The van der Waals surface area contributed by atoms with Crippen LogP contribution in [0, 0.1) is 17.5 Å². The van der Waals surface area contributed by atoms with Crippen molar-refractivity contribution in [3.05, 3.63) is 65.2 Å². The molecule has 0 aliphatic heterocycles. The van der Waals surface area contributed by atoms with E-state index in [0.717, 1.165) is 24.4 Å². The number of halogens is 3. The Morgan fingerprint density at radius 3 is 2.37 bits per heavy atom. The second kappa shape index (κ2) is 5.01. The van der Waals surface area contributed by atoms with E-state index in [1.54, 1.807) is 0 Å². The highest BCUT2D eigenvalue weighted by Crippen LogP contribution is 2.27. The Bertz CT molecular complexity index is 579. The molecule has 0 radical (unpaired) electrons. The molecular weight excluding hydrogens is 255 g/mol. The molecule has 2 rings (SSSR count). The molecule has 2 nitrogen and oxygen atoms in total. The molecule has 2 aromatic rings. The van der Waals surface area contributed by atoms with Crippen LogP contribution < -0.4 is 0 Å². The number of aromatic nitrogens is 1. The van der Waals surface area contributed by atoms with E-state index in [-0.39, 0.29) is 17.5 Å². The summed E-state index contributed by atoms with van der Waals surface area (Å²) in [7, 11) is 0. The zero-order chi connectivity index (χ0) is 14.0. The van der Waals surface area contributed by atoms with E-state index >= 15 is 0 Å². The summed E-state index contributed by atoms with van der Waals surface area (Å²) in [6.07, 6.45) is 1.95. The molecule has 19 heavy (non-hydrogen) atoms. The first-order chi connectivity index (χ1) is 8.90. The van der Waals surface area contributed by atoms with Gasteiger partial charge < -0.3 is 5.11 Å². The van der Waals surface area contributed by atoms with Crippen LogP contribution >= 0.6 is 0 Å². The van der Waals surface area contributed by atoms with Crippen molar-refractivity contribution in [2.45, 2.75) is 18.9 Å². The molecule has 1 aromatic heterocycles. The van der Waals surface area contributed by atoms with Gasteiger partial charge in [0, 0.05) is 23.7 Å². The summed E-state index contributed by atoms with van der Waals surface area (Å²) in [4.78, 5) is 3.61. The fraction of sp³-hybridized carbons (Fsp3) is 0.214. The molecule has 1 unspecified atom stereocenters. The van der Waals surface area contributed by atoms with E-state index in [1.165, 1.54) is 19.2 Å². The number of hydrogen-bond donors (Lipinski definition) is 1. The van der Waals surface area contributed by atoms with E-state index in [4.69, 9.17) is 0 Å². The molecule has 0 fully saturated rings. The lowest BCUT2D eigenvalue weighted by Crippen LogP contribution is -2.26. The molecule has 1 N–H and O–H groups in total. The lowest BCUT2D eigenvalue weighted by molar-refractivity contribution is 0.0549. The van der Waals surface area contributed by atoms with E-state index < -0.39 is 23.1 Å². The molecule has 0 aliphatic carbocycles. The number of nitrogens with zero attached hydrogens (tertiary/aromatic N) is 1. The third-order valence-corrected chi connectivity index (χ3v) is 2.91. The Hall–Kier alpha value is -1.88. The lowest BCUT2D eigenvalue weighted by Gasteiger charge is -2.24. The van der Waals surface area contributed by atoms with Gasteiger partial charge in [-0.15, -0.1) is 0 Å². The van der Waals surface area contributed by atoms with E-state index in [9.17, 15) is 18.3 Å². The highest BCUT2D eigenvalue weighted by molar-refractivity contribution is 5.26. The van der Waals surface area contributed by atoms with Crippen molar-refractivity contribution < 1.29 is 18.3 Å². The van der Waals surface area contributed by atoms with E-state index in [2.05, 4.69) is 4.98 Å². The highest BCUT2D eigenvalue weighted by atomic mass is 19.1. The van der Waals surface area contributed by atoms with Crippen molar-refractivity contribution in [1.82, 2.24) is 4.98 Å². The predicted molar refractivity (Wildman–Crippen MR) is 63.8 cm³/mol. The number of hydrogen-bond acceptors (Lipinski definition) is 2. The molecule has 1 heterocycles. The third kappa shape index (κ3) is 2.93. The molecule has 0 saturated heterocycles. The van der Waals surface area contributed by atoms with Gasteiger partial charge in [0.25, 0.3) is 0 Å². The average molecular weight is 267 g/mol. The first kappa shape index (κ1) is 13.5. The van der Waals surface area contributed by atoms with Gasteiger partial charge in [-0.2, -0.15) is 0 Å². The summed E-state index contributed by atoms with van der Waals surface area (Å²) in [5.41, 5.74) is -1.69. The van der Waals surface area contributed by atoms with Crippen LogP contribution in [0.25, 0.3) is 0 Å². The fourth-order valence-electron chi connectivity index (χ4n) is 1.85. The first-order valence-electron chi connectivity index (χ1n) is 5.66. The van der Waals surface area contributed by atoms with Crippen LogP contribution in [-0.2, 0) is 12.0 Å². The zero-order valence-electron chi connectivity index (χ0n) is 10.2. The second-order valence-corrected chi connectivity index (χ2v) is 4.54. The molecule has 0 spiro atoms. The van der Waals surface area contributed by atoms with Gasteiger partial charge in [-0.05, 0) is 25.1 Å². The Morgan fingerprint density at radius 2 is 1.79 bits per heavy atom. The lowest BCUT2D eigenvalue weighted by atomic mass is 9.89. The van der Waals surface area contributed by atoms with Gasteiger partial charge in [-0.25, -0.2) is 13.2 Å². The molecule has 0 amide bonds. The molecule has 1 aromatic carbocycles. The van der Waals surface area contributed by atoms with Crippen molar-refractivity contribution in [2.24, 2.45) is 0 Å². The quantitative estimate of drug-likeness (QED) is 0.927. The minimum absolute atomic E-state index is 0.162. The predicted octanol–water partition coefficient (Wildman–Crippen LogP) is 2.95. The van der Waals surface area contributed by atoms with Crippen LogP contribution in [0.2, 0.25) is 0 Å². The Morgan fingerprint density at radius 1 is 1.16 bits per heavy atom. The minimum Gasteiger partial charge on any atom is -0.385 e. The summed E-state index contributed by atoms with van der Waals surface area (Å²) in [5, 5.41) is 10.3. The van der Waals surface area contributed by atoms with Crippen LogP contribution in [0.3, 0.4) is 0 Å². The molecule has 5 heteroatoms. The Balaban J connectivity index is 2.36. The molecule has 0 aliphatic rings. The molecule has 1 atom stereocenters. The summed E-state index contributed by atoms with van der Waals surface area (Å²) in [6, 6.07) is 4.55. The summed E-state index contributed by atoms with van der Waals surface area (Å²) in [5.74, 6) is -2.11. The highest BCUT2D eigenvalue weighted by Gasteiger charge is 2.27. The van der Waals surface area contributed by atoms with Gasteiger partial charge in [0.15, 0.2) is 0 Å². The standard InChI is InChI=1S/C14H12F3NO/c1-14(19,9-5-10(15)8-18-7-9)6-11-12(16)3-2-4-13(11)17/h2-5,7-8,19H,6H2,1H3. The Labute approximate surface area is 108 Å². The monoisotopic (exact) mass is 267 g/mol. The van der Waals surface area contributed by atoms with Crippen molar-refractivity contribution in [3.8, 4) is 0 Å². The van der Waals surface area contributed by atoms with Crippen LogP contribution in [0.5, 0.6) is 0 Å². The topological polar surface area (TPSA) is 33.1 Å². The molecule has 0 bridgehead atoms. The number of aliphatic hydroxyl groups is 1. The zero-order valence-corrected chi connectivity index (χ0v) is 10.2.